The predicted octanol–water partition coefficient (Wildman–Crippen LogP) is 0.675. The van der Waals surface area contributed by atoms with Gasteiger partial charge in [-0.2, -0.15) is 0 Å². The van der Waals surface area contributed by atoms with Crippen LogP contribution in [0.2, 0.25) is 0 Å². The van der Waals surface area contributed by atoms with Crippen LogP contribution in [0.5, 0.6) is 0 Å². The molecule has 0 saturated heterocycles. The second-order valence-electron chi connectivity index (χ2n) is 0.446. The van der Waals surface area contributed by atoms with E-state index in [-0.39, 0.29) is 0 Å². The molecule has 0 aliphatic carbocycles. The van der Waals surface area contributed by atoms with Gasteiger partial charge in [-0.3, -0.25) is 0 Å². The second kappa shape index (κ2) is 1.19. The monoisotopic (exact) mass is 149 g/mol. The van der Waals surface area contributed by atoms with E-state index in [1.165, 1.54) is 0 Å². The van der Waals surface area contributed by atoms with Crippen LogP contribution in [-0.4, -0.2) is 21.1 Å². The third-order valence-electron chi connectivity index (χ3n) is 0. The first-order valence-electron chi connectivity index (χ1n) is 0.771. The summed E-state index contributed by atoms with van der Waals surface area (Å²) < 4.78 is 30.9. The zero-order chi connectivity index (χ0) is 4.50. The van der Waals surface area contributed by atoms with Crippen LogP contribution in [0.4, 0.5) is 13.2 Å². The fourth-order valence-corrected chi connectivity index (χ4v) is 0. The molecule has 0 heterocycles. The molecule has 4 heteroatoms. The van der Waals surface area contributed by atoms with Gasteiger partial charge in [0, 0.05) is 0 Å². The van der Waals surface area contributed by atoms with Crippen molar-refractivity contribution < 1.29 is 13.2 Å². The van der Waals surface area contributed by atoms with Gasteiger partial charge in [-0.1, -0.05) is 0 Å². The van der Waals surface area contributed by atoms with Crippen LogP contribution in [0.25, 0.3) is 0 Å². The summed E-state index contributed by atoms with van der Waals surface area (Å²) in [6, 6.07) is 0. The summed E-state index contributed by atoms with van der Waals surface area (Å²) >= 11 is 0.979. The minimum absolute atomic E-state index is 0.979. The Bertz CT molecular complexity index is 22.4. The van der Waals surface area contributed by atoms with Crippen LogP contribution in [0, 0.1) is 0 Å². The van der Waals surface area contributed by atoms with Crippen molar-refractivity contribution in [3.05, 3.63) is 0 Å². The Hall–Kier alpha value is 0.309. The molecule has 0 N–H and O–H groups in total. The quantitative estimate of drug-likeness (QED) is 0.443. The van der Waals surface area contributed by atoms with E-state index >= 15 is 0 Å². The van der Waals surface area contributed by atoms with Gasteiger partial charge in [-0.05, 0) is 0 Å². The van der Waals surface area contributed by atoms with Crippen LogP contribution in [0.1, 0.15) is 0 Å². The normalized spacial score (nSPS) is 12.0. The fraction of sp³-hybridized carbons (Fsp3) is 1.00. The predicted molar refractivity (Wildman–Crippen MR) is 11.8 cm³/mol. The average molecular weight is 148 g/mol. The topological polar surface area (TPSA) is 0 Å². The SMILES string of the molecule is FC(F)(F)[Se]. The maximum atomic E-state index is 10.3. The molecule has 0 unspecified atom stereocenters. The van der Waals surface area contributed by atoms with Gasteiger partial charge in [-0.15, -0.1) is 0 Å². The van der Waals surface area contributed by atoms with E-state index in [9.17, 15) is 13.2 Å². The number of rotatable bonds is 0. The summed E-state index contributed by atoms with van der Waals surface area (Å²) in [6.07, 6.45) is 0. The molecule has 0 aromatic carbocycles. The summed E-state index contributed by atoms with van der Waals surface area (Å²) in [5, 5.41) is -4.12. The van der Waals surface area contributed by atoms with Crippen molar-refractivity contribution in [2.24, 2.45) is 0 Å². The zero-order valence-electron chi connectivity index (χ0n) is 2.04. The Balaban J connectivity index is 3.02. The Kier molecular flexibility index (Phi) is 1.26. The van der Waals surface area contributed by atoms with E-state index < -0.39 is 5.07 Å². The standard InChI is InChI=1S/CF3Se/c2-1(3,4)5. The fourth-order valence-electron chi connectivity index (χ4n) is 0. The Labute approximate surface area is 35.2 Å². The first-order valence-corrected chi connectivity index (χ1v) is 1.63. The van der Waals surface area contributed by atoms with Crippen LogP contribution in [0.15, 0.2) is 0 Å². The molecule has 0 amide bonds. The molecule has 0 fully saturated rings. The molecular formula is CF3Se. The van der Waals surface area contributed by atoms with Gasteiger partial charge in [0.05, 0.1) is 0 Å². The van der Waals surface area contributed by atoms with E-state index in [0.29, 0.717) is 0 Å². The molecule has 0 saturated carbocycles. The van der Waals surface area contributed by atoms with E-state index in [1.807, 2.05) is 0 Å². The third-order valence-corrected chi connectivity index (χ3v) is 0. The summed E-state index contributed by atoms with van der Waals surface area (Å²) in [6.45, 7) is 0. The number of halogens is 3. The van der Waals surface area contributed by atoms with Crippen molar-refractivity contribution in [1.29, 1.82) is 0 Å². The maximum absolute atomic E-state index is 10.3. The van der Waals surface area contributed by atoms with Crippen LogP contribution >= 0.6 is 0 Å². The molecule has 0 nitrogen and oxygen atoms in total. The van der Waals surface area contributed by atoms with Crippen molar-refractivity contribution in [3.8, 4) is 0 Å². The number of hydrogen-bond acceptors (Lipinski definition) is 0. The first-order chi connectivity index (χ1) is 2.00. The van der Waals surface area contributed by atoms with E-state index in [2.05, 4.69) is 0 Å². The van der Waals surface area contributed by atoms with Crippen molar-refractivity contribution in [3.63, 3.8) is 0 Å². The molecule has 1 radical (unpaired) electrons. The molecule has 0 atom stereocenters. The van der Waals surface area contributed by atoms with Crippen molar-refractivity contribution in [1.82, 2.24) is 0 Å². The van der Waals surface area contributed by atoms with E-state index in [1.54, 1.807) is 0 Å². The summed E-state index contributed by atoms with van der Waals surface area (Å²) in [7, 11) is 0. The molecule has 0 spiro atoms. The van der Waals surface area contributed by atoms with E-state index in [0.717, 1.165) is 16.0 Å². The molecule has 0 aromatic heterocycles. The average Bonchev–Trinajstić information content (AvgIpc) is 0.722. The molecule has 0 aliphatic heterocycles. The van der Waals surface area contributed by atoms with Crippen molar-refractivity contribution in [2.45, 2.75) is 5.07 Å². The first kappa shape index (κ1) is 5.31. The minimum atomic E-state index is -4.12. The molecule has 5 heavy (non-hydrogen) atoms. The number of hydrogen-bond donors (Lipinski definition) is 0. The Morgan fingerprint density at radius 2 is 1.20 bits per heavy atom. The second-order valence-corrected chi connectivity index (χ2v) is 1.42. The van der Waals surface area contributed by atoms with Gasteiger partial charge in [0.2, 0.25) is 0 Å². The van der Waals surface area contributed by atoms with Crippen LogP contribution < -0.4 is 0 Å². The van der Waals surface area contributed by atoms with Crippen molar-refractivity contribution in [2.75, 3.05) is 0 Å². The number of alkyl halides is 3. The Morgan fingerprint density at radius 1 is 1.20 bits per heavy atom. The molecule has 31 valence electrons. The van der Waals surface area contributed by atoms with Gasteiger partial charge in [-0.25, -0.2) is 0 Å². The van der Waals surface area contributed by atoms with Gasteiger partial charge < -0.3 is 0 Å². The summed E-state index contributed by atoms with van der Waals surface area (Å²) in [4.78, 5) is 0. The zero-order valence-corrected chi connectivity index (χ0v) is 3.76. The van der Waals surface area contributed by atoms with Crippen LogP contribution in [0.3, 0.4) is 0 Å². The van der Waals surface area contributed by atoms with Crippen LogP contribution in [-0.2, 0) is 0 Å². The van der Waals surface area contributed by atoms with Gasteiger partial charge in [0.15, 0.2) is 0 Å². The summed E-state index contributed by atoms with van der Waals surface area (Å²) in [5.41, 5.74) is 0. The van der Waals surface area contributed by atoms with E-state index in [4.69, 9.17) is 0 Å². The van der Waals surface area contributed by atoms with Gasteiger partial charge in [0.25, 0.3) is 0 Å². The molecule has 0 rings (SSSR count). The molecule has 0 bridgehead atoms. The van der Waals surface area contributed by atoms with Crippen molar-refractivity contribution >= 4 is 16.0 Å². The van der Waals surface area contributed by atoms with Gasteiger partial charge in [0.1, 0.15) is 0 Å². The molecule has 0 aromatic rings. The molecular weight excluding hydrogens is 148 g/mol. The van der Waals surface area contributed by atoms with Gasteiger partial charge >= 0.3 is 34.3 Å². The summed E-state index contributed by atoms with van der Waals surface area (Å²) in [5.74, 6) is 0. The Morgan fingerprint density at radius 3 is 1.20 bits per heavy atom. The third kappa shape index (κ3) is 240. The molecule has 0 aliphatic rings.